The van der Waals surface area contributed by atoms with Crippen LogP contribution in [-0.4, -0.2) is 19.3 Å². The Balaban J connectivity index is 1.84. The molecule has 0 fully saturated rings. The second kappa shape index (κ2) is 8.01. The maximum absolute atomic E-state index is 9.81. The van der Waals surface area contributed by atoms with Gasteiger partial charge in [0.25, 0.3) is 0 Å². The number of methoxy groups -OCH3 is 2. The zero-order valence-electron chi connectivity index (χ0n) is 14.5. The van der Waals surface area contributed by atoms with E-state index in [1.54, 1.807) is 14.2 Å². The van der Waals surface area contributed by atoms with Crippen LogP contribution < -0.4 is 9.47 Å². The SMILES string of the molecule is COc1ccc(COCc2c(CO)c(OC)cc3ccccc23)cc1. The van der Waals surface area contributed by atoms with Crippen molar-refractivity contribution in [1.82, 2.24) is 0 Å². The van der Waals surface area contributed by atoms with Crippen molar-refractivity contribution in [3.63, 3.8) is 0 Å². The molecule has 0 spiro atoms. The van der Waals surface area contributed by atoms with Gasteiger partial charge in [-0.2, -0.15) is 0 Å². The molecule has 4 nitrogen and oxygen atoms in total. The molecule has 0 saturated heterocycles. The first-order chi connectivity index (χ1) is 12.3. The van der Waals surface area contributed by atoms with Gasteiger partial charge >= 0.3 is 0 Å². The van der Waals surface area contributed by atoms with Gasteiger partial charge in [0.1, 0.15) is 11.5 Å². The van der Waals surface area contributed by atoms with E-state index in [0.29, 0.717) is 19.0 Å². The van der Waals surface area contributed by atoms with E-state index in [1.165, 1.54) is 0 Å². The molecule has 0 amide bonds. The monoisotopic (exact) mass is 338 g/mol. The molecule has 0 saturated carbocycles. The molecule has 25 heavy (non-hydrogen) atoms. The molecule has 0 unspecified atom stereocenters. The normalized spacial score (nSPS) is 10.8. The van der Waals surface area contributed by atoms with Crippen LogP contribution in [0.3, 0.4) is 0 Å². The minimum absolute atomic E-state index is 0.0881. The lowest BCUT2D eigenvalue weighted by atomic mass is 9.98. The fourth-order valence-electron chi connectivity index (χ4n) is 2.95. The fraction of sp³-hybridized carbons (Fsp3) is 0.238. The third-order valence-electron chi connectivity index (χ3n) is 4.29. The summed E-state index contributed by atoms with van der Waals surface area (Å²) in [5.41, 5.74) is 2.81. The van der Waals surface area contributed by atoms with Gasteiger partial charge in [0.05, 0.1) is 34.0 Å². The van der Waals surface area contributed by atoms with Crippen LogP contribution in [0.2, 0.25) is 0 Å². The Bertz CT molecular complexity index is 840. The molecule has 0 aliphatic heterocycles. The van der Waals surface area contributed by atoms with E-state index in [2.05, 4.69) is 0 Å². The summed E-state index contributed by atoms with van der Waals surface area (Å²) in [7, 11) is 3.26. The standard InChI is InChI=1S/C21H22O4/c1-23-17-9-7-15(8-10-17)13-25-14-20-18-6-4-3-5-16(18)11-21(24-2)19(20)12-22/h3-11,22H,12-14H2,1-2H3. The molecule has 130 valence electrons. The number of hydrogen-bond acceptors (Lipinski definition) is 4. The van der Waals surface area contributed by atoms with Crippen LogP contribution >= 0.6 is 0 Å². The van der Waals surface area contributed by atoms with Crippen molar-refractivity contribution in [3.05, 3.63) is 71.3 Å². The molecule has 0 bridgehead atoms. The Morgan fingerprint density at radius 3 is 2.28 bits per heavy atom. The van der Waals surface area contributed by atoms with Gasteiger partial charge in [0, 0.05) is 5.56 Å². The van der Waals surface area contributed by atoms with E-state index in [1.807, 2.05) is 54.6 Å². The first kappa shape index (κ1) is 17.3. The second-order valence-electron chi connectivity index (χ2n) is 5.76. The molecule has 1 N–H and O–H groups in total. The summed E-state index contributed by atoms with van der Waals surface area (Å²) in [5.74, 6) is 1.51. The average molecular weight is 338 g/mol. The topological polar surface area (TPSA) is 47.9 Å². The van der Waals surface area contributed by atoms with Gasteiger partial charge in [-0.1, -0.05) is 36.4 Å². The molecular weight excluding hydrogens is 316 g/mol. The van der Waals surface area contributed by atoms with Crippen LogP contribution in [0.1, 0.15) is 16.7 Å². The van der Waals surface area contributed by atoms with Crippen molar-refractivity contribution >= 4 is 10.8 Å². The van der Waals surface area contributed by atoms with Crippen LogP contribution in [-0.2, 0) is 24.6 Å². The zero-order chi connectivity index (χ0) is 17.6. The van der Waals surface area contributed by atoms with Gasteiger partial charge in [0.2, 0.25) is 0 Å². The van der Waals surface area contributed by atoms with Gasteiger partial charge in [-0.15, -0.1) is 0 Å². The third-order valence-corrected chi connectivity index (χ3v) is 4.29. The number of aliphatic hydroxyl groups excluding tert-OH is 1. The van der Waals surface area contributed by atoms with E-state index >= 15 is 0 Å². The molecule has 0 heterocycles. The number of fused-ring (bicyclic) bond motifs is 1. The fourth-order valence-corrected chi connectivity index (χ4v) is 2.95. The van der Waals surface area contributed by atoms with Crippen molar-refractivity contribution in [2.75, 3.05) is 14.2 Å². The van der Waals surface area contributed by atoms with Crippen molar-refractivity contribution in [2.24, 2.45) is 0 Å². The smallest absolute Gasteiger partial charge is 0.125 e. The second-order valence-corrected chi connectivity index (χ2v) is 5.76. The molecule has 3 rings (SSSR count). The Morgan fingerprint density at radius 1 is 0.840 bits per heavy atom. The van der Waals surface area contributed by atoms with E-state index < -0.39 is 0 Å². The maximum atomic E-state index is 9.81. The van der Waals surface area contributed by atoms with Crippen LogP contribution in [0, 0.1) is 0 Å². The van der Waals surface area contributed by atoms with Crippen molar-refractivity contribution in [2.45, 2.75) is 19.8 Å². The van der Waals surface area contributed by atoms with Gasteiger partial charge in [-0.3, -0.25) is 0 Å². The van der Waals surface area contributed by atoms with Crippen molar-refractivity contribution in [3.8, 4) is 11.5 Å². The molecule has 0 radical (unpaired) electrons. The summed E-state index contributed by atoms with van der Waals surface area (Å²) in [6.07, 6.45) is 0. The quantitative estimate of drug-likeness (QED) is 0.705. The highest BCUT2D eigenvalue weighted by Gasteiger charge is 2.13. The zero-order valence-corrected chi connectivity index (χ0v) is 14.5. The molecule has 3 aromatic rings. The minimum atomic E-state index is -0.0881. The number of ether oxygens (including phenoxy) is 3. The largest absolute Gasteiger partial charge is 0.497 e. The first-order valence-corrected chi connectivity index (χ1v) is 8.16. The molecule has 3 aromatic carbocycles. The lowest BCUT2D eigenvalue weighted by Crippen LogP contribution is -2.03. The molecule has 0 atom stereocenters. The average Bonchev–Trinajstić information content (AvgIpc) is 2.67. The summed E-state index contributed by atoms with van der Waals surface area (Å²) >= 11 is 0. The number of rotatable bonds is 7. The molecule has 0 aromatic heterocycles. The Labute approximate surface area is 147 Å². The van der Waals surface area contributed by atoms with Gasteiger partial charge in [0.15, 0.2) is 0 Å². The number of aliphatic hydroxyl groups is 1. The number of benzene rings is 3. The lowest BCUT2D eigenvalue weighted by molar-refractivity contribution is 0.106. The van der Waals surface area contributed by atoms with Crippen LogP contribution in [0.5, 0.6) is 11.5 Å². The van der Waals surface area contributed by atoms with E-state index in [4.69, 9.17) is 14.2 Å². The van der Waals surface area contributed by atoms with E-state index in [0.717, 1.165) is 33.2 Å². The van der Waals surface area contributed by atoms with Gasteiger partial charge in [-0.25, -0.2) is 0 Å². The minimum Gasteiger partial charge on any atom is -0.497 e. The summed E-state index contributed by atoms with van der Waals surface area (Å²) in [6, 6.07) is 17.8. The highest BCUT2D eigenvalue weighted by Crippen LogP contribution is 2.32. The highest BCUT2D eigenvalue weighted by atomic mass is 16.5. The van der Waals surface area contributed by atoms with Crippen molar-refractivity contribution < 1.29 is 19.3 Å². The van der Waals surface area contributed by atoms with Gasteiger partial charge in [-0.05, 0) is 40.1 Å². The maximum Gasteiger partial charge on any atom is 0.125 e. The van der Waals surface area contributed by atoms with Crippen LogP contribution in [0.15, 0.2) is 54.6 Å². The predicted molar refractivity (Wildman–Crippen MR) is 97.9 cm³/mol. The van der Waals surface area contributed by atoms with Gasteiger partial charge < -0.3 is 19.3 Å². The van der Waals surface area contributed by atoms with E-state index in [9.17, 15) is 5.11 Å². The lowest BCUT2D eigenvalue weighted by Gasteiger charge is -2.16. The van der Waals surface area contributed by atoms with Crippen molar-refractivity contribution in [1.29, 1.82) is 0 Å². The summed E-state index contributed by atoms with van der Waals surface area (Å²) < 4.78 is 16.5. The molecule has 0 aliphatic rings. The highest BCUT2D eigenvalue weighted by molar-refractivity contribution is 5.88. The predicted octanol–water partition coefficient (Wildman–Crippen LogP) is 4.07. The Morgan fingerprint density at radius 2 is 1.60 bits per heavy atom. The molecule has 4 heteroatoms. The van der Waals surface area contributed by atoms with Crippen LogP contribution in [0.25, 0.3) is 10.8 Å². The Kier molecular flexibility index (Phi) is 5.53. The summed E-state index contributed by atoms with van der Waals surface area (Å²) in [6.45, 7) is 0.801. The Hall–Kier alpha value is -2.56. The molecular formula is C21H22O4. The number of hydrogen-bond donors (Lipinski definition) is 1. The first-order valence-electron chi connectivity index (χ1n) is 8.16. The third kappa shape index (κ3) is 3.76. The van der Waals surface area contributed by atoms with Crippen LogP contribution in [0.4, 0.5) is 0 Å². The molecule has 0 aliphatic carbocycles. The summed E-state index contributed by atoms with van der Waals surface area (Å²) in [5, 5.41) is 12.0. The van der Waals surface area contributed by atoms with E-state index in [-0.39, 0.29) is 6.61 Å². The summed E-state index contributed by atoms with van der Waals surface area (Å²) in [4.78, 5) is 0.